The van der Waals surface area contributed by atoms with Crippen molar-refractivity contribution in [3.05, 3.63) is 28.8 Å². The highest BCUT2D eigenvalue weighted by atomic mass is 35.5. The molecule has 0 aromatic heterocycles. The van der Waals surface area contributed by atoms with Crippen LogP contribution < -0.4 is 16.4 Å². The lowest BCUT2D eigenvalue weighted by Gasteiger charge is -2.24. The standard InChI is InChI=1S/C13H18ClN3O/c14-12-5-4-9(7-11(12)13(15)18)17-8-10-3-1-2-6-16-10/h4-5,7,10,16-17H,1-3,6,8H2,(H2,15,18). The highest BCUT2D eigenvalue weighted by Gasteiger charge is 2.12. The summed E-state index contributed by atoms with van der Waals surface area (Å²) in [5.41, 5.74) is 6.49. The largest absolute Gasteiger partial charge is 0.383 e. The van der Waals surface area contributed by atoms with Gasteiger partial charge < -0.3 is 16.4 Å². The zero-order valence-electron chi connectivity index (χ0n) is 10.2. The lowest BCUT2D eigenvalue weighted by atomic mass is 10.0. The van der Waals surface area contributed by atoms with E-state index in [4.69, 9.17) is 17.3 Å². The van der Waals surface area contributed by atoms with Gasteiger partial charge in [-0.3, -0.25) is 4.79 Å². The summed E-state index contributed by atoms with van der Waals surface area (Å²) < 4.78 is 0. The molecule has 0 saturated carbocycles. The molecule has 0 radical (unpaired) electrons. The van der Waals surface area contributed by atoms with Crippen molar-refractivity contribution in [2.45, 2.75) is 25.3 Å². The number of hydrogen-bond acceptors (Lipinski definition) is 3. The van der Waals surface area contributed by atoms with E-state index < -0.39 is 5.91 Å². The fourth-order valence-corrected chi connectivity index (χ4v) is 2.37. The molecule has 4 nitrogen and oxygen atoms in total. The Bertz CT molecular complexity index is 430. The average Bonchev–Trinajstić information content (AvgIpc) is 2.38. The van der Waals surface area contributed by atoms with Gasteiger partial charge in [0.05, 0.1) is 10.6 Å². The number of hydrogen-bond donors (Lipinski definition) is 3. The van der Waals surface area contributed by atoms with Crippen LogP contribution in [-0.2, 0) is 0 Å². The smallest absolute Gasteiger partial charge is 0.250 e. The Morgan fingerprint density at radius 2 is 2.33 bits per heavy atom. The van der Waals surface area contributed by atoms with E-state index >= 15 is 0 Å². The Morgan fingerprint density at radius 1 is 1.50 bits per heavy atom. The predicted molar refractivity (Wildman–Crippen MR) is 74.1 cm³/mol. The summed E-state index contributed by atoms with van der Waals surface area (Å²) in [6, 6.07) is 5.75. The van der Waals surface area contributed by atoms with Gasteiger partial charge in [0, 0.05) is 18.3 Å². The maximum atomic E-state index is 11.2. The molecule has 1 unspecified atom stereocenters. The van der Waals surface area contributed by atoms with Crippen LogP contribution in [0.25, 0.3) is 0 Å². The number of carbonyl (C=O) groups is 1. The first-order valence-corrected chi connectivity index (χ1v) is 6.61. The lowest BCUT2D eigenvalue weighted by molar-refractivity contribution is 0.100. The third-order valence-corrected chi connectivity index (χ3v) is 3.53. The molecule has 1 heterocycles. The van der Waals surface area contributed by atoms with E-state index in [1.54, 1.807) is 12.1 Å². The minimum atomic E-state index is -0.501. The van der Waals surface area contributed by atoms with Gasteiger partial charge in [0.25, 0.3) is 0 Å². The average molecular weight is 268 g/mol. The fraction of sp³-hybridized carbons (Fsp3) is 0.462. The van der Waals surface area contributed by atoms with Gasteiger partial charge in [-0.1, -0.05) is 18.0 Å². The molecule has 1 amide bonds. The number of nitrogens with one attached hydrogen (secondary N) is 2. The Balaban J connectivity index is 1.96. The minimum absolute atomic E-state index is 0.360. The van der Waals surface area contributed by atoms with E-state index in [-0.39, 0.29) is 0 Å². The molecule has 1 aliphatic rings. The van der Waals surface area contributed by atoms with Crippen molar-refractivity contribution in [1.29, 1.82) is 0 Å². The number of rotatable bonds is 4. The maximum Gasteiger partial charge on any atom is 0.250 e. The molecule has 4 N–H and O–H groups in total. The Kier molecular flexibility index (Phi) is 4.44. The van der Waals surface area contributed by atoms with Crippen LogP contribution in [0.5, 0.6) is 0 Å². The molecule has 1 aromatic rings. The number of carbonyl (C=O) groups excluding carboxylic acids is 1. The predicted octanol–water partition coefficient (Wildman–Crippen LogP) is 1.99. The number of benzene rings is 1. The van der Waals surface area contributed by atoms with Crippen molar-refractivity contribution < 1.29 is 4.79 Å². The van der Waals surface area contributed by atoms with Crippen LogP contribution in [0.1, 0.15) is 29.6 Å². The molecule has 1 saturated heterocycles. The van der Waals surface area contributed by atoms with Crippen LogP contribution in [0.3, 0.4) is 0 Å². The second-order valence-corrected chi connectivity index (χ2v) is 4.99. The number of nitrogens with two attached hydrogens (primary N) is 1. The number of anilines is 1. The van der Waals surface area contributed by atoms with E-state index in [9.17, 15) is 4.79 Å². The molecule has 1 aromatic carbocycles. The highest BCUT2D eigenvalue weighted by Crippen LogP contribution is 2.20. The highest BCUT2D eigenvalue weighted by molar-refractivity contribution is 6.33. The maximum absolute atomic E-state index is 11.2. The van der Waals surface area contributed by atoms with Crippen LogP contribution in [0.4, 0.5) is 5.69 Å². The summed E-state index contributed by atoms with van der Waals surface area (Å²) in [7, 11) is 0. The van der Waals surface area contributed by atoms with Crippen molar-refractivity contribution >= 4 is 23.2 Å². The molecule has 5 heteroatoms. The lowest BCUT2D eigenvalue weighted by Crippen LogP contribution is -2.39. The zero-order chi connectivity index (χ0) is 13.0. The topological polar surface area (TPSA) is 67.2 Å². The molecule has 98 valence electrons. The quantitative estimate of drug-likeness (QED) is 0.782. The van der Waals surface area contributed by atoms with Gasteiger partial charge in [0.2, 0.25) is 5.91 Å². The molecule has 1 aliphatic heterocycles. The fourth-order valence-electron chi connectivity index (χ4n) is 2.16. The second-order valence-electron chi connectivity index (χ2n) is 4.59. The summed E-state index contributed by atoms with van der Waals surface area (Å²) in [6.45, 7) is 1.93. The number of amides is 1. The van der Waals surface area contributed by atoms with Crippen molar-refractivity contribution in [2.75, 3.05) is 18.4 Å². The molecule has 2 rings (SSSR count). The molecule has 1 atom stereocenters. The SMILES string of the molecule is NC(=O)c1cc(NCC2CCCCN2)ccc1Cl. The van der Waals surface area contributed by atoms with E-state index in [0.29, 0.717) is 16.6 Å². The first-order chi connectivity index (χ1) is 8.66. The van der Waals surface area contributed by atoms with Crippen molar-refractivity contribution in [3.63, 3.8) is 0 Å². The van der Waals surface area contributed by atoms with Gasteiger partial charge in [-0.15, -0.1) is 0 Å². The number of halogens is 1. The summed E-state index contributed by atoms with van der Waals surface area (Å²) in [6.07, 6.45) is 3.71. The molecule has 0 aliphatic carbocycles. The Morgan fingerprint density at radius 3 is 3.00 bits per heavy atom. The molecule has 1 fully saturated rings. The molecule has 0 bridgehead atoms. The van der Waals surface area contributed by atoms with Crippen LogP contribution in [0.2, 0.25) is 5.02 Å². The minimum Gasteiger partial charge on any atom is -0.383 e. The van der Waals surface area contributed by atoms with Crippen LogP contribution in [0, 0.1) is 0 Å². The van der Waals surface area contributed by atoms with Crippen molar-refractivity contribution in [1.82, 2.24) is 5.32 Å². The van der Waals surface area contributed by atoms with Crippen LogP contribution >= 0.6 is 11.6 Å². The zero-order valence-corrected chi connectivity index (χ0v) is 11.0. The van der Waals surface area contributed by atoms with Gasteiger partial charge in [-0.2, -0.15) is 0 Å². The first kappa shape index (κ1) is 13.2. The van der Waals surface area contributed by atoms with Crippen LogP contribution in [-0.4, -0.2) is 25.0 Å². The monoisotopic (exact) mass is 267 g/mol. The van der Waals surface area contributed by atoms with E-state index in [1.807, 2.05) is 6.07 Å². The summed E-state index contributed by atoms with van der Waals surface area (Å²) in [5.74, 6) is -0.501. The van der Waals surface area contributed by atoms with Gasteiger partial charge >= 0.3 is 0 Å². The van der Waals surface area contributed by atoms with Crippen LogP contribution in [0.15, 0.2) is 18.2 Å². The van der Waals surface area contributed by atoms with E-state index in [1.165, 1.54) is 19.3 Å². The summed E-state index contributed by atoms with van der Waals surface area (Å²) in [4.78, 5) is 11.2. The van der Waals surface area contributed by atoms with Gasteiger partial charge in [0.15, 0.2) is 0 Å². The first-order valence-electron chi connectivity index (χ1n) is 6.23. The second kappa shape index (κ2) is 6.07. The summed E-state index contributed by atoms with van der Waals surface area (Å²) >= 11 is 5.90. The molecule has 18 heavy (non-hydrogen) atoms. The van der Waals surface area contributed by atoms with E-state index in [2.05, 4.69) is 10.6 Å². The summed E-state index contributed by atoms with van der Waals surface area (Å²) in [5, 5.41) is 7.16. The third-order valence-electron chi connectivity index (χ3n) is 3.20. The normalized spacial score (nSPS) is 19.5. The molecule has 0 spiro atoms. The van der Waals surface area contributed by atoms with Gasteiger partial charge in [-0.05, 0) is 37.6 Å². The molecular formula is C13H18ClN3O. The number of piperidine rings is 1. The Hall–Kier alpha value is -1.26. The Labute approximate surface area is 112 Å². The van der Waals surface area contributed by atoms with E-state index in [0.717, 1.165) is 18.8 Å². The molecular weight excluding hydrogens is 250 g/mol. The van der Waals surface area contributed by atoms with Crippen molar-refractivity contribution in [2.24, 2.45) is 5.73 Å². The van der Waals surface area contributed by atoms with Crippen molar-refractivity contribution in [3.8, 4) is 0 Å². The third kappa shape index (κ3) is 3.37. The number of primary amides is 1. The van der Waals surface area contributed by atoms with Gasteiger partial charge in [-0.25, -0.2) is 0 Å². The van der Waals surface area contributed by atoms with Gasteiger partial charge in [0.1, 0.15) is 0 Å².